The van der Waals surface area contributed by atoms with E-state index in [1.54, 1.807) is 24.5 Å². The number of amides is 1. The van der Waals surface area contributed by atoms with Crippen LogP contribution in [0.5, 0.6) is 0 Å². The van der Waals surface area contributed by atoms with E-state index in [-0.39, 0.29) is 17.6 Å². The number of pyridine rings is 1. The zero-order valence-electron chi connectivity index (χ0n) is 16.5. The Morgan fingerprint density at radius 3 is 2.70 bits per heavy atom. The Morgan fingerprint density at radius 1 is 1.13 bits per heavy atom. The van der Waals surface area contributed by atoms with Crippen molar-refractivity contribution in [1.82, 2.24) is 19.9 Å². The average molecular weight is 403 g/mol. The van der Waals surface area contributed by atoms with Gasteiger partial charge in [0.25, 0.3) is 0 Å². The third-order valence-electron chi connectivity index (χ3n) is 5.85. The highest BCUT2D eigenvalue weighted by molar-refractivity contribution is 5.80. The van der Waals surface area contributed by atoms with Crippen LogP contribution in [0.4, 0.5) is 15.9 Å². The number of anilines is 2. The minimum Gasteiger partial charge on any atom is -0.340 e. The molecule has 0 spiro atoms. The van der Waals surface area contributed by atoms with Crippen molar-refractivity contribution in [2.24, 2.45) is 5.92 Å². The summed E-state index contributed by atoms with van der Waals surface area (Å²) in [6.45, 7) is 1.13. The van der Waals surface area contributed by atoms with Crippen molar-refractivity contribution in [3.05, 3.63) is 65.9 Å². The molecule has 30 heavy (non-hydrogen) atoms. The van der Waals surface area contributed by atoms with Crippen molar-refractivity contribution in [3.8, 4) is 11.4 Å². The molecule has 1 amide bonds. The van der Waals surface area contributed by atoms with Gasteiger partial charge in [-0.05, 0) is 43.2 Å². The summed E-state index contributed by atoms with van der Waals surface area (Å²) in [6.07, 6.45) is 7.17. The predicted octanol–water partition coefficient (Wildman–Crippen LogP) is 4.11. The molecule has 1 aliphatic heterocycles. The van der Waals surface area contributed by atoms with E-state index in [9.17, 15) is 9.18 Å². The lowest BCUT2D eigenvalue weighted by Gasteiger charge is -2.35. The molecule has 0 unspecified atom stereocenters. The van der Waals surface area contributed by atoms with Gasteiger partial charge in [-0.3, -0.25) is 9.78 Å². The Kier molecular flexibility index (Phi) is 4.86. The second kappa shape index (κ2) is 7.82. The van der Waals surface area contributed by atoms with Gasteiger partial charge in [0.2, 0.25) is 5.91 Å². The molecule has 1 fully saturated rings. The van der Waals surface area contributed by atoms with E-state index < -0.39 is 0 Å². The second-order valence-corrected chi connectivity index (χ2v) is 7.83. The number of rotatable bonds is 4. The van der Waals surface area contributed by atoms with E-state index in [2.05, 4.69) is 10.3 Å². The second-order valence-electron chi connectivity index (χ2n) is 7.83. The van der Waals surface area contributed by atoms with Crippen molar-refractivity contribution in [3.63, 3.8) is 0 Å². The Labute approximate surface area is 174 Å². The van der Waals surface area contributed by atoms with Gasteiger partial charge in [0.05, 0.1) is 12.2 Å². The van der Waals surface area contributed by atoms with Gasteiger partial charge in [-0.1, -0.05) is 12.5 Å². The summed E-state index contributed by atoms with van der Waals surface area (Å²) in [7, 11) is 0. The van der Waals surface area contributed by atoms with Gasteiger partial charge in [0.1, 0.15) is 11.6 Å². The van der Waals surface area contributed by atoms with Gasteiger partial charge in [-0.25, -0.2) is 14.4 Å². The fourth-order valence-electron chi connectivity index (χ4n) is 3.95. The number of benzene rings is 1. The molecule has 152 valence electrons. The van der Waals surface area contributed by atoms with Crippen molar-refractivity contribution in [1.29, 1.82) is 0 Å². The zero-order valence-corrected chi connectivity index (χ0v) is 16.5. The largest absolute Gasteiger partial charge is 0.340 e. The third kappa shape index (κ3) is 3.63. The fraction of sp³-hybridized carbons (Fsp3) is 0.304. The van der Waals surface area contributed by atoms with E-state index in [4.69, 9.17) is 9.97 Å². The van der Waals surface area contributed by atoms with Gasteiger partial charge in [0.15, 0.2) is 5.82 Å². The Morgan fingerprint density at radius 2 is 1.97 bits per heavy atom. The molecule has 2 aromatic heterocycles. The van der Waals surface area contributed by atoms with E-state index in [1.165, 1.54) is 12.1 Å². The third-order valence-corrected chi connectivity index (χ3v) is 5.85. The summed E-state index contributed by atoms with van der Waals surface area (Å²) in [5.74, 6) is 1.27. The van der Waals surface area contributed by atoms with E-state index in [0.29, 0.717) is 36.8 Å². The molecule has 0 bridgehead atoms. The number of fused-ring (bicyclic) bond motifs is 1. The monoisotopic (exact) mass is 403 g/mol. The molecule has 1 aromatic carbocycles. The molecule has 1 saturated carbocycles. The summed E-state index contributed by atoms with van der Waals surface area (Å²) in [5, 5.41) is 3.26. The molecule has 2 aliphatic rings. The molecule has 7 heteroatoms. The summed E-state index contributed by atoms with van der Waals surface area (Å²) in [6, 6.07) is 10.0. The molecule has 1 N–H and O–H groups in total. The van der Waals surface area contributed by atoms with Crippen LogP contribution in [0.3, 0.4) is 0 Å². The maximum Gasteiger partial charge on any atom is 0.225 e. The highest BCUT2D eigenvalue weighted by Gasteiger charge is 2.32. The number of halogens is 1. The van der Waals surface area contributed by atoms with Crippen molar-refractivity contribution < 1.29 is 9.18 Å². The van der Waals surface area contributed by atoms with Crippen molar-refractivity contribution in [2.75, 3.05) is 11.9 Å². The van der Waals surface area contributed by atoms with Gasteiger partial charge in [-0.2, -0.15) is 0 Å². The number of hydrogen-bond acceptors (Lipinski definition) is 5. The Balaban J connectivity index is 1.53. The van der Waals surface area contributed by atoms with Gasteiger partial charge < -0.3 is 10.2 Å². The van der Waals surface area contributed by atoms with Crippen LogP contribution in [0.15, 0.2) is 48.8 Å². The first-order chi connectivity index (χ1) is 14.7. The number of carbonyl (C=O) groups excluding carboxylic acids is 1. The number of nitrogens with zero attached hydrogens (tertiary/aromatic N) is 4. The SMILES string of the molecule is O=C(C1CCC1)N1CCc2nc(-c3ccncc3)nc(Nc3cccc(F)c3)c2C1. The van der Waals surface area contributed by atoms with Crippen molar-refractivity contribution in [2.45, 2.75) is 32.2 Å². The summed E-state index contributed by atoms with van der Waals surface area (Å²) < 4.78 is 13.7. The first-order valence-corrected chi connectivity index (χ1v) is 10.3. The molecule has 5 rings (SSSR count). The summed E-state index contributed by atoms with van der Waals surface area (Å²) in [5.41, 5.74) is 3.30. The lowest BCUT2D eigenvalue weighted by atomic mass is 9.84. The van der Waals surface area contributed by atoms with Crippen LogP contribution in [0.2, 0.25) is 0 Å². The van der Waals surface area contributed by atoms with Crippen molar-refractivity contribution >= 4 is 17.4 Å². The van der Waals surface area contributed by atoms with E-state index >= 15 is 0 Å². The average Bonchev–Trinajstić information content (AvgIpc) is 2.73. The lowest BCUT2D eigenvalue weighted by Crippen LogP contribution is -2.42. The van der Waals surface area contributed by atoms with Crippen LogP contribution < -0.4 is 5.32 Å². The fourth-order valence-corrected chi connectivity index (χ4v) is 3.95. The highest BCUT2D eigenvalue weighted by atomic mass is 19.1. The molecule has 3 aromatic rings. The molecule has 3 heterocycles. The molecule has 0 radical (unpaired) electrons. The number of aromatic nitrogens is 3. The standard InChI is InChI=1S/C23H22FN5O/c24-17-5-2-6-18(13-17)26-22-19-14-29(23(30)16-3-1-4-16)12-9-20(19)27-21(28-22)15-7-10-25-11-8-15/h2,5-8,10-11,13,16H,1,3-4,9,12,14H2,(H,26,27,28). The normalized spacial score (nSPS) is 16.0. The molecular formula is C23H22FN5O. The number of hydrogen-bond donors (Lipinski definition) is 1. The topological polar surface area (TPSA) is 71.0 Å². The smallest absolute Gasteiger partial charge is 0.225 e. The van der Waals surface area contributed by atoms with Crippen LogP contribution in [-0.4, -0.2) is 32.3 Å². The van der Waals surface area contributed by atoms with Crippen LogP contribution in [0, 0.1) is 11.7 Å². The van der Waals surface area contributed by atoms with Crippen LogP contribution >= 0.6 is 0 Å². The molecular weight excluding hydrogens is 381 g/mol. The molecule has 0 saturated heterocycles. The lowest BCUT2D eigenvalue weighted by molar-refractivity contribution is -0.139. The minimum atomic E-state index is -0.320. The van der Waals surface area contributed by atoms with Crippen LogP contribution in [-0.2, 0) is 17.8 Å². The van der Waals surface area contributed by atoms with Gasteiger partial charge in [-0.15, -0.1) is 0 Å². The Bertz CT molecular complexity index is 1080. The number of nitrogens with one attached hydrogen (secondary N) is 1. The van der Waals surface area contributed by atoms with Crippen LogP contribution in [0.1, 0.15) is 30.5 Å². The van der Waals surface area contributed by atoms with Gasteiger partial charge >= 0.3 is 0 Å². The first kappa shape index (κ1) is 18.7. The highest BCUT2D eigenvalue weighted by Crippen LogP contribution is 2.33. The maximum absolute atomic E-state index is 13.7. The molecule has 1 aliphatic carbocycles. The number of carbonyl (C=O) groups is 1. The molecule has 0 atom stereocenters. The van der Waals surface area contributed by atoms with E-state index in [0.717, 1.165) is 36.1 Å². The summed E-state index contributed by atoms with van der Waals surface area (Å²) >= 11 is 0. The predicted molar refractivity (Wildman–Crippen MR) is 111 cm³/mol. The van der Waals surface area contributed by atoms with Crippen LogP contribution in [0.25, 0.3) is 11.4 Å². The minimum absolute atomic E-state index is 0.156. The molecule has 6 nitrogen and oxygen atoms in total. The first-order valence-electron chi connectivity index (χ1n) is 10.3. The maximum atomic E-state index is 13.7. The quantitative estimate of drug-likeness (QED) is 0.710. The Hall–Kier alpha value is -3.35. The van der Waals surface area contributed by atoms with E-state index in [1.807, 2.05) is 17.0 Å². The summed E-state index contributed by atoms with van der Waals surface area (Å²) in [4.78, 5) is 28.3. The zero-order chi connectivity index (χ0) is 20.5. The van der Waals surface area contributed by atoms with Gasteiger partial charge in [0, 0.05) is 48.1 Å².